The minimum Gasteiger partial charge on any atom is -0.384 e. The van der Waals surface area contributed by atoms with Gasteiger partial charge in [0, 0.05) is 9.35 Å². The number of aliphatic hydroxyl groups excluding tert-OH is 1. The lowest BCUT2D eigenvalue weighted by Crippen LogP contribution is -2.00. The molecule has 0 aliphatic rings. The van der Waals surface area contributed by atoms with E-state index in [4.69, 9.17) is 0 Å². The molecule has 0 saturated carbocycles. The maximum atomic E-state index is 13.2. The Morgan fingerprint density at radius 3 is 2.69 bits per heavy atom. The van der Waals surface area contributed by atoms with Crippen LogP contribution < -0.4 is 0 Å². The van der Waals surface area contributed by atoms with Crippen molar-refractivity contribution < 1.29 is 9.50 Å². The number of aliphatic hydroxyl groups is 1. The van der Waals surface area contributed by atoms with Gasteiger partial charge in [-0.1, -0.05) is 15.9 Å². The van der Waals surface area contributed by atoms with Gasteiger partial charge in [0.15, 0.2) is 0 Å². The minimum absolute atomic E-state index is 0.351. The molecule has 2 aromatic rings. The molecule has 0 bridgehead atoms. The molecule has 1 unspecified atom stereocenters. The topological polar surface area (TPSA) is 20.2 Å². The van der Waals surface area contributed by atoms with Crippen LogP contribution in [0.3, 0.4) is 0 Å². The SMILES string of the molecule is Cc1sccc1C(O)c1cc(F)cc(Br)c1. The number of rotatable bonds is 2. The smallest absolute Gasteiger partial charge is 0.124 e. The van der Waals surface area contributed by atoms with Gasteiger partial charge < -0.3 is 5.11 Å². The fourth-order valence-corrected chi connectivity index (χ4v) is 2.81. The standard InChI is InChI=1S/C12H10BrFOS/c1-7-11(2-3-16-7)12(15)8-4-9(13)6-10(14)5-8/h2-6,12,15H,1H3. The molecular formula is C12H10BrFOS. The number of halogens is 2. The molecule has 0 saturated heterocycles. The van der Waals surface area contributed by atoms with E-state index in [9.17, 15) is 9.50 Å². The van der Waals surface area contributed by atoms with E-state index in [2.05, 4.69) is 15.9 Å². The van der Waals surface area contributed by atoms with E-state index < -0.39 is 6.10 Å². The van der Waals surface area contributed by atoms with Crippen LogP contribution in [0.2, 0.25) is 0 Å². The Morgan fingerprint density at radius 2 is 2.12 bits per heavy atom. The van der Waals surface area contributed by atoms with Gasteiger partial charge in [-0.2, -0.15) is 0 Å². The predicted molar refractivity (Wildman–Crippen MR) is 67.2 cm³/mol. The van der Waals surface area contributed by atoms with Gasteiger partial charge in [0.05, 0.1) is 0 Å². The van der Waals surface area contributed by atoms with Gasteiger partial charge in [0.25, 0.3) is 0 Å². The molecule has 1 N–H and O–H groups in total. The first-order valence-corrected chi connectivity index (χ1v) is 6.43. The molecule has 0 spiro atoms. The van der Waals surface area contributed by atoms with Crippen LogP contribution in [0.4, 0.5) is 4.39 Å². The summed E-state index contributed by atoms with van der Waals surface area (Å²) in [6, 6.07) is 6.32. The maximum Gasteiger partial charge on any atom is 0.124 e. The number of aryl methyl sites for hydroxylation is 1. The molecule has 1 nitrogen and oxygen atoms in total. The van der Waals surface area contributed by atoms with E-state index in [0.717, 1.165) is 10.4 Å². The van der Waals surface area contributed by atoms with Gasteiger partial charge in [0.2, 0.25) is 0 Å². The Balaban J connectivity index is 2.41. The third-order valence-corrected chi connectivity index (χ3v) is 3.71. The van der Waals surface area contributed by atoms with Crippen LogP contribution in [-0.2, 0) is 0 Å². The van der Waals surface area contributed by atoms with Crippen molar-refractivity contribution in [2.24, 2.45) is 0 Å². The summed E-state index contributed by atoms with van der Waals surface area (Å²) in [4.78, 5) is 1.05. The molecule has 0 fully saturated rings. The number of benzene rings is 1. The van der Waals surface area contributed by atoms with E-state index in [1.807, 2.05) is 18.4 Å². The van der Waals surface area contributed by atoms with Crippen molar-refractivity contribution in [2.75, 3.05) is 0 Å². The highest BCUT2D eigenvalue weighted by atomic mass is 79.9. The van der Waals surface area contributed by atoms with Crippen LogP contribution in [0, 0.1) is 12.7 Å². The first-order chi connectivity index (χ1) is 7.58. The molecule has 1 aromatic carbocycles. The average Bonchev–Trinajstić information content (AvgIpc) is 2.62. The fraction of sp³-hybridized carbons (Fsp3) is 0.167. The zero-order chi connectivity index (χ0) is 11.7. The Bertz CT molecular complexity index is 489. The van der Waals surface area contributed by atoms with E-state index >= 15 is 0 Å². The molecule has 1 atom stereocenters. The van der Waals surface area contributed by atoms with Crippen molar-refractivity contribution in [3.05, 3.63) is 55.9 Å². The summed E-state index contributed by atoms with van der Waals surface area (Å²) in [6.45, 7) is 1.94. The normalized spacial score (nSPS) is 12.8. The Kier molecular flexibility index (Phi) is 3.42. The molecule has 1 aromatic heterocycles. The average molecular weight is 301 g/mol. The zero-order valence-electron chi connectivity index (χ0n) is 8.58. The van der Waals surface area contributed by atoms with Gasteiger partial charge in [-0.25, -0.2) is 4.39 Å². The lowest BCUT2D eigenvalue weighted by atomic mass is 10.0. The molecule has 16 heavy (non-hydrogen) atoms. The lowest BCUT2D eigenvalue weighted by molar-refractivity contribution is 0.219. The summed E-state index contributed by atoms with van der Waals surface area (Å²) in [6.07, 6.45) is -0.766. The third kappa shape index (κ3) is 2.34. The van der Waals surface area contributed by atoms with Crippen LogP contribution >= 0.6 is 27.3 Å². The lowest BCUT2D eigenvalue weighted by Gasteiger charge is -2.11. The first kappa shape index (κ1) is 11.8. The minimum atomic E-state index is -0.766. The van der Waals surface area contributed by atoms with Gasteiger partial charge in [0.1, 0.15) is 11.9 Å². The first-order valence-electron chi connectivity index (χ1n) is 4.76. The van der Waals surface area contributed by atoms with Crippen molar-refractivity contribution in [1.29, 1.82) is 0 Å². The second kappa shape index (κ2) is 4.65. The van der Waals surface area contributed by atoms with Crippen LogP contribution in [0.1, 0.15) is 22.1 Å². The van der Waals surface area contributed by atoms with Crippen LogP contribution in [-0.4, -0.2) is 5.11 Å². The summed E-state index contributed by atoms with van der Waals surface area (Å²) in [5.74, 6) is -0.351. The summed E-state index contributed by atoms with van der Waals surface area (Å²) in [5, 5.41) is 12.0. The van der Waals surface area contributed by atoms with Crippen molar-refractivity contribution in [2.45, 2.75) is 13.0 Å². The van der Waals surface area contributed by atoms with Crippen molar-refractivity contribution in [3.63, 3.8) is 0 Å². The quantitative estimate of drug-likeness (QED) is 0.887. The van der Waals surface area contributed by atoms with Gasteiger partial charge in [-0.3, -0.25) is 0 Å². The van der Waals surface area contributed by atoms with Crippen LogP contribution in [0.25, 0.3) is 0 Å². The molecule has 84 valence electrons. The van der Waals surface area contributed by atoms with Crippen molar-refractivity contribution >= 4 is 27.3 Å². The fourth-order valence-electron chi connectivity index (χ4n) is 1.59. The highest BCUT2D eigenvalue weighted by Crippen LogP contribution is 2.29. The number of hydrogen-bond acceptors (Lipinski definition) is 2. The zero-order valence-corrected chi connectivity index (χ0v) is 11.0. The predicted octanol–water partition coefficient (Wildman–Crippen LogP) is 4.04. The molecule has 0 aliphatic heterocycles. The molecule has 0 radical (unpaired) electrons. The molecule has 1 heterocycles. The third-order valence-electron chi connectivity index (χ3n) is 2.39. The van der Waals surface area contributed by atoms with E-state index in [0.29, 0.717) is 10.0 Å². The van der Waals surface area contributed by atoms with E-state index in [1.165, 1.54) is 12.1 Å². The van der Waals surface area contributed by atoms with E-state index in [1.54, 1.807) is 17.4 Å². The number of hydrogen-bond donors (Lipinski definition) is 1. The Hall–Kier alpha value is -0.710. The summed E-state index contributed by atoms with van der Waals surface area (Å²) < 4.78 is 13.8. The second-order valence-corrected chi connectivity index (χ2v) is 5.57. The Morgan fingerprint density at radius 1 is 1.38 bits per heavy atom. The summed E-state index contributed by atoms with van der Waals surface area (Å²) >= 11 is 4.78. The van der Waals surface area contributed by atoms with Crippen molar-refractivity contribution in [3.8, 4) is 0 Å². The Labute approximate surface area is 106 Å². The molecule has 0 amide bonds. The molecule has 2 rings (SSSR count). The summed E-state index contributed by atoms with van der Waals surface area (Å²) in [7, 11) is 0. The monoisotopic (exact) mass is 300 g/mol. The van der Waals surface area contributed by atoms with Gasteiger partial charge in [-0.15, -0.1) is 11.3 Å². The number of thiophene rings is 1. The van der Waals surface area contributed by atoms with Crippen molar-refractivity contribution in [1.82, 2.24) is 0 Å². The molecule has 4 heteroatoms. The van der Waals surface area contributed by atoms with Gasteiger partial charge >= 0.3 is 0 Å². The second-order valence-electron chi connectivity index (χ2n) is 3.54. The highest BCUT2D eigenvalue weighted by Gasteiger charge is 2.14. The van der Waals surface area contributed by atoms with E-state index in [-0.39, 0.29) is 5.82 Å². The van der Waals surface area contributed by atoms with Gasteiger partial charge in [-0.05, 0) is 47.7 Å². The largest absolute Gasteiger partial charge is 0.384 e. The molecular weight excluding hydrogens is 291 g/mol. The maximum absolute atomic E-state index is 13.2. The van der Waals surface area contributed by atoms with Crippen LogP contribution in [0.5, 0.6) is 0 Å². The summed E-state index contributed by atoms with van der Waals surface area (Å²) in [5.41, 5.74) is 1.40. The van der Waals surface area contributed by atoms with Crippen LogP contribution in [0.15, 0.2) is 34.1 Å². The highest BCUT2D eigenvalue weighted by molar-refractivity contribution is 9.10. The molecule has 0 aliphatic carbocycles.